The zero-order valence-corrected chi connectivity index (χ0v) is 16.0. The number of rotatable bonds is 7. The van der Waals surface area contributed by atoms with Gasteiger partial charge >= 0.3 is 11.6 Å². The highest BCUT2D eigenvalue weighted by Gasteiger charge is 2.16. The monoisotopic (exact) mass is 372 g/mol. The number of ether oxygens (including phenoxy) is 2. The molecule has 144 valence electrons. The minimum Gasteiger partial charge on any atom is -0.499 e. The molecule has 0 saturated carbocycles. The van der Waals surface area contributed by atoms with Crippen LogP contribution >= 0.6 is 0 Å². The molecule has 6 heteroatoms. The minimum atomic E-state index is -0.915. The Labute approximate surface area is 157 Å². The Morgan fingerprint density at radius 1 is 1.19 bits per heavy atom. The molecule has 0 aliphatic rings. The molecular weight excluding hydrogens is 348 g/mol. The summed E-state index contributed by atoms with van der Waals surface area (Å²) in [5.74, 6) is -0.784. The fourth-order valence-corrected chi connectivity index (χ4v) is 2.48. The van der Waals surface area contributed by atoms with Crippen LogP contribution in [0.2, 0.25) is 0 Å². The number of benzene rings is 1. The lowest BCUT2D eigenvalue weighted by molar-refractivity contribution is -0.131. The zero-order chi connectivity index (χ0) is 20.0. The molecule has 0 amide bonds. The zero-order valence-electron chi connectivity index (χ0n) is 16.0. The highest BCUT2D eigenvalue weighted by molar-refractivity contribution is 5.87. The number of hydrogen-bond donors (Lipinski definition) is 1. The molecule has 0 saturated heterocycles. The Hall–Kier alpha value is -3.02. The molecule has 1 aromatic carbocycles. The summed E-state index contributed by atoms with van der Waals surface area (Å²) in [4.78, 5) is 22.9. The van der Waals surface area contributed by atoms with E-state index in [4.69, 9.17) is 13.9 Å². The van der Waals surface area contributed by atoms with E-state index >= 15 is 0 Å². The fraction of sp³-hybridized carbons (Fsp3) is 0.333. The molecule has 1 aromatic heterocycles. The van der Waals surface area contributed by atoms with Crippen LogP contribution in [-0.4, -0.2) is 17.7 Å². The smallest absolute Gasteiger partial charge is 0.382 e. The molecule has 0 radical (unpaired) electrons. The van der Waals surface area contributed by atoms with E-state index < -0.39 is 17.3 Å². The Kier molecular flexibility index (Phi) is 6.82. The molecule has 2 aromatic rings. The molecule has 6 nitrogen and oxygen atoms in total. The number of carbonyl (C=O) groups is 1. The van der Waals surface area contributed by atoms with Crippen molar-refractivity contribution in [1.29, 1.82) is 0 Å². The summed E-state index contributed by atoms with van der Waals surface area (Å²) >= 11 is 0. The van der Waals surface area contributed by atoms with Crippen LogP contribution in [0.3, 0.4) is 0 Å². The van der Waals surface area contributed by atoms with E-state index in [9.17, 15) is 14.7 Å². The standard InChI is InChI=1S/C21H24O6/c1-13(2)6-5-7-14(3)10-11-25-20-17-9-8-16(26-15(4)22)12-18(17)27-21(24)19(20)23/h6,8-10,12,23H,5,7,11H2,1-4H3. The molecule has 27 heavy (non-hydrogen) atoms. The van der Waals surface area contributed by atoms with E-state index in [0.717, 1.165) is 18.4 Å². The summed E-state index contributed by atoms with van der Waals surface area (Å²) < 4.78 is 15.7. The predicted molar refractivity (Wildman–Crippen MR) is 103 cm³/mol. The van der Waals surface area contributed by atoms with Crippen molar-refractivity contribution < 1.29 is 23.8 Å². The lowest BCUT2D eigenvalue weighted by Gasteiger charge is -2.10. The topological polar surface area (TPSA) is 86.0 Å². The van der Waals surface area contributed by atoms with Crippen LogP contribution in [0.4, 0.5) is 0 Å². The van der Waals surface area contributed by atoms with Crippen LogP contribution in [0.5, 0.6) is 17.2 Å². The molecule has 0 aliphatic heterocycles. The molecular formula is C21H24O6. The highest BCUT2D eigenvalue weighted by Crippen LogP contribution is 2.33. The summed E-state index contributed by atoms with van der Waals surface area (Å²) in [7, 11) is 0. The maximum Gasteiger partial charge on any atom is 0.382 e. The van der Waals surface area contributed by atoms with Crippen molar-refractivity contribution in [3.05, 3.63) is 51.9 Å². The van der Waals surface area contributed by atoms with Gasteiger partial charge < -0.3 is 19.0 Å². The first kappa shape index (κ1) is 20.3. The van der Waals surface area contributed by atoms with Gasteiger partial charge in [0, 0.05) is 13.0 Å². The molecule has 1 heterocycles. The average Bonchev–Trinajstić information content (AvgIpc) is 2.57. The maximum absolute atomic E-state index is 11.9. The first-order valence-corrected chi connectivity index (χ1v) is 8.68. The van der Waals surface area contributed by atoms with Crippen LogP contribution < -0.4 is 15.1 Å². The second kappa shape index (κ2) is 9.07. The van der Waals surface area contributed by atoms with E-state index in [1.54, 1.807) is 6.07 Å². The van der Waals surface area contributed by atoms with Crippen LogP contribution in [0.25, 0.3) is 11.0 Å². The number of esters is 1. The van der Waals surface area contributed by atoms with Gasteiger partial charge in [-0.25, -0.2) is 4.79 Å². The van der Waals surface area contributed by atoms with Crippen molar-refractivity contribution in [3.8, 4) is 17.2 Å². The number of aromatic hydroxyl groups is 1. The SMILES string of the molecule is CC(=O)Oc1ccc2c(OCC=C(C)CCC=C(C)C)c(O)c(=O)oc2c1. The van der Waals surface area contributed by atoms with E-state index in [-0.39, 0.29) is 23.7 Å². The van der Waals surface area contributed by atoms with Gasteiger partial charge in [0.2, 0.25) is 5.75 Å². The summed E-state index contributed by atoms with van der Waals surface area (Å²) in [6, 6.07) is 4.51. The van der Waals surface area contributed by atoms with Gasteiger partial charge in [0.25, 0.3) is 0 Å². The second-order valence-electron chi connectivity index (χ2n) is 6.50. The quantitative estimate of drug-likeness (QED) is 0.333. The molecule has 0 bridgehead atoms. The van der Waals surface area contributed by atoms with Gasteiger partial charge in [-0.1, -0.05) is 17.2 Å². The molecule has 0 unspecified atom stereocenters. The third-order valence-corrected chi connectivity index (χ3v) is 3.82. The van der Waals surface area contributed by atoms with E-state index in [1.165, 1.54) is 24.6 Å². The fourth-order valence-electron chi connectivity index (χ4n) is 2.48. The predicted octanol–water partition coefficient (Wildman–Crippen LogP) is 4.50. The lowest BCUT2D eigenvalue weighted by Crippen LogP contribution is -2.05. The first-order chi connectivity index (χ1) is 12.8. The number of carbonyl (C=O) groups excluding carboxylic acids is 1. The normalized spacial score (nSPS) is 11.3. The van der Waals surface area contributed by atoms with Crippen molar-refractivity contribution in [1.82, 2.24) is 0 Å². The molecule has 0 atom stereocenters. The van der Waals surface area contributed by atoms with Gasteiger partial charge in [-0.05, 0) is 51.8 Å². The third-order valence-electron chi connectivity index (χ3n) is 3.82. The highest BCUT2D eigenvalue weighted by atomic mass is 16.5. The number of fused-ring (bicyclic) bond motifs is 1. The first-order valence-electron chi connectivity index (χ1n) is 8.68. The summed E-state index contributed by atoms with van der Waals surface area (Å²) in [6.45, 7) is 7.61. The van der Waals surface area contributed by atoms with E-state index in [2.05, 4.69) is 19.9 Å². The molecule has 0 spiro atoms. The lowest BCUT2D eigenvalue weighted by atomic mass is 10.1. The number of allylic oxidation sites excluding steroid dienone is 3. The van der Waals surface area contributed by atoms with Gasteiger partial charge in [0.1, 0.15) is 17.9 Å². The molecule has 0 fully saturated rings. The van der Waals surface area contributed by atoms with Crippen molar-refractivity contribution in [2.24, 2.45) is 0 Å². The average molecular weight is 372 g/mol. The van der Waals surface area contributed by atoms with Gasteiger partial charge in [0.05, 0.1) is 5.39 Å². The summed E-state index contributed by atoms with van der Waals surface area (Å²) in [5.41, 5.74) is 1.67. The van der Waals surface area contributed by atoms with E-state index in [1.807, 2.05) is 13.0 Å². The van der Waals surface area contributed by atoms with Gasteiger partial charge in [-0.2, -0.15) is 0 Å². The van der Waals surface area contributed by atoms with Crippen LogP contribution in [0, 0.1) is 0 Å². The Bertz CT molecular complexity index is 945. The summed E-state index contributed by atoms with van der Waals surface area (Å²) in [5, 5.41) is 10.4. The van der Waals surface area contributed by atoms with Gasteiger partial charge in [-0.15, -0.1) is 0 Å². The number of hydrogen-bond acceptors (Lipinski definition) is 6. The van der Waals surface area contributed by atoms with Crippen molar-refractivity contribution in [2.45, 2.75) is 40.5 Å². The van der Waals surface area contributed by atoms with Crippen molar-refractivity contribution >= 4 is 16.9 Å². The van der Waals surface area contributed by atoms with Crippen LogP contribution in [0.15, 0.2) is 50.7 Å². The van der Waals surface area contributed by atoms with Crippen LogP contribution in [-0.2, 0) is 4.79 Å². The Morgan fingerprint density at radius 2 is 1.93 bits per heavy atom. The Balaban J connectivity index is 2.21. The van der Waals surface area contributed by atoms with Crippen LogP contribution in [0.1, 0.15) is 40.5 Å². The second-order valence-corrected chi connectivity index (χ2v) is 6.50. The molecule has 1 N–H and O–H groups in total. The maximum atomic E-state index is 11.9. The molecule has 2 rings (SSSR count). The Morgan fingerprint density at radius 3 is 2.59 bits per heavy atom. The minimum absolute atomic E-state index is 0.0453. The van der Waals surface area contributed by atoms with Crippen molar-refractivity contribution in [3.63, 3.8) is 0 Å². The van der Waals surface area contributed by atoms with Gasteiger partial charge in [0.15, 0.2) is 5.75 Å². The van der Waals surface area contributed by atoms with Crippen molar-refractivity contribution in [2.75, 3.05) is 6.61 Å². The molecule has 0 aliphatic carbocycles. The largest absolute Gasteiger partial charge is 0.499 e. The van der Waals surface area contributed by atoms with E-state index in [0.29, 0.717) is 5.39 Å². The summed E-state index contributed by atoms with van der Waals surface area (Å²) in [6.07, 6.45) is 5.93. The third kappa shape index (κ3) is 5.74. The van der Waals surface area contributed by atoms with Gasteiger partial charge in [-0.3, -0.25) is 4.79 Å².